The molecule has 3 heteroatoms. The average molecular weight is 208 g/mol. The Morgan fingerprint density at radius 2 is 2.07 bits per heavy atom. The third-order valence-electron chi connectivity index (χ3n) is 3.93. The maximum absolute atomic E-state index is 6.25. The van der Waals surface area contributed by atoms with Crippen LogP contribution in [0.1, 0.15) is 37.4 Å². The molecule has 14 heavy (non-hydrogen) atoms. The van der Waals surface area contributed by atoms with Crippen LogP contribution in [-0.4, -0.2) is 4.98 Å². The van der Waals surface area contributed by atoms with Gasteiger partial charge in [0.2, 0.25) is 0 Å². The van der Waals surface area contributed by atoms with Crippen molar-refractivity contribution in [3.8, 4) is 0 Å². The molecule has 0 saturated heterocycles. The van der Waals surface area contributed by atoms with Crippen LogP contribution in [0.15, 0.2) is 10.9 Å². The molecule has 0 aliphatic heterocycles. The van der Waals surface area contributed by atoms with Crippen LogP contribution < -0.4 is 5.73 Å². The first-order chi connectivity index (χ1) is 6.88. The van der Waals surface area contributed by atoms with Crippen molar-refractivity contribution in [2.24, 2.45) is 23.5 Å². The molecule has 2 saturated carbocycles. The maximum Gasteiger partial charge on any atom is 0.0795 e. The molecule has 2 nitrogen and oxygen atoms in total. The fourth-order valence-electron chi connectivity index (χ4n) is 3.16. The van der Waals surface area contributed by atoms with Crippen molar-refractivity contribution in [2.45, 2.75) is 31.7 Å². The lowest BCUT2D eigenvalue weighted by molar-refractivity contribution is 0.480. The minimum atomic E-state index is 0.217. The molecular weight excluding hydrogens is 192 g/mol. The molecule has 2 N–H and O–H groups in total. The first-order valence-electron chi connectivity index (χ1n) is 5.51. The lowest BCUT2D eigenvalue weighted by Gasteiger charge is -2.07. The van der Waals surface area contributed by atoms with E-state index in [9.17, 15) is 0 Å². The number of rotatable bonds is 2. The molecule has 0 spiro atoms. The van der Waals surface area contributed by atoms with Crippen molar-refractivity contribution in [1.29, 1.82) is 0 Å². The second-order valence-electron chi connectivity index (χ2n) is 4.63. The van der Waals surface area contributed by atoms with Crippen LogP contribution in [0.5, 0.6) is 0 Å². The van der Waals surface area contributed by atoms with Crippen LogP contribution in [0, 0.1) is 17.8 Å². The summed E-state index contributed by atoms with van der Waals surface area (Å²) in [6.07, 6.45) is 5.66. The second kappa shape index (κ2) is 3.31. The Bertz CT molecular complexity index is 297. The largest absolute Gasteiger partial charge is 0.322 e. The fraction of sp³-hybridized carbons (Fsp3) is 0.727. The van der Waals surface area contributed by atoms with E-state index >= 15 is 0 Å². The zero-order valence-corrected chi connectivity index (χ0v) is 9.04. The summed E-state index contributed by atoms with van der Waals surface area (Å²) in [6.45, 7) is 0. The highest BCUT2D eigenvalue weighted by atomic mass is 32.1. The van der Waals surface area contributed by atoms with Crippen molar-refractivity contribution in [2.75, 3.05) is 0 Å². The van der Waals surface area contributed by atoms with E-state index in [1.165, 1.54) is 25.7 Å². The van der Waals surface area contributed by atoms with Gasteiger partial charge in [0.1, 0.15) is 0 Å². The zero-order chi connectivity index (χ0) is 9.54. The number of fused-ring (bicyclic) bond motifs is 1. The van der Waals surface area contributed by atoms with E-state index in [2.05, 4.69) is 10.4 Å². The van der Waals surface area contributed by atoms with Crippen LogP contribution in [0.4, 0.5) is 0 Å². The molecule has 0 aromatic carbocycles. The molecule has 2 aliphatic carbocycles. The Kier molecular flexibility index (Phi) is 2.10. The summed E-state index contributed by atoms with van der Waals surface area (Å²) in [4.78, 5) is 4.33. The lowest BCUT2D eigenvalue weighted by Crippen LogP contribution is -2.14. The number of nitrogens with zero attached hydrogens (tertiary/aromatic N) is 1. The minimum Gasteiger partial charge on any atom is -0.322 e. The minimum absolute atomic E-state index is 0.217. The lowest BCUT2D eigenvalue weighted by atomic mass is 10.0. The van der Waals surface area contributed by atoms with Gasteiger partial charge in [-0.3, -0.25) is 0 Å². The van der Waals surface area contributed by atoms with Crippen LogP contribution >= 0.6 is 11.3 Å². The van der Waals surface area contributed by atoms with E-state index in [0.717, 1.165) is 23.4 Å². The molecular formula is C11H16N2S. The quantitative estimate of drug-likeness (QED) is 0.811. The van der Waals surface area contributed by atoms with Crippen molar-refractivity contribution >= 4 is 11.3 Å². The van der Waals surface area contributed by atoms with Crippen molar-refractivity contribution in [3.05, 3.63) is 16.6 Å². The van der Waals surface area contributed by atoms with Crippen LogP contribution in [0.25, 0.3) is 0 Å². The molecule has 2 fully saturated rings. The molecule has 3 rings (SSSR count). The van der Waals surface area contributed by atoms with Gasteiger partial charge in [-0.2, -0.15) is 0 Å². The van der Waals surface area contributed by atoms with Crippen LogP contribution in [0.2, 0.25) is 0 Å². The molecule has 1 heterocycles. The Balaban J connectivity index is 1.72. The van der Waals surface area contributed by atoms with Gasteiger partial charge in [0.05, 0.1) is 17.2 Å². The van der Waals surface area contributed by atoms with Gasteiger partial charge in [0.15, 0.2) is 0 Å². The molecule has 0 amide bonds. The summed E-state index contributed by atoms with van der Waals surface area (Å²) in [5.41, 5.74) is 9.26. The standard InChI is InChI=1S/C11H16N2S/c12-11(9-5-14-6-13-9)10-7-3-1-2-4-8(7)10/h5-8,10-11H,1-4,12H2. The summed E-state index contributed by atoms with van der Waals surface area (Å²) in [6, 6.07) is 0.217. The molecule has 0 bridgehead atoms. The van der Waals surface area contributed by atoms with E-state index in [-0.39, 0.29) is 6.04 Å². The topological polar surface area (TPSA) is 38.9 Å². The van der Waals surface area contributed by atoms with Gasteiger partial charge in [0, 0.05) is 5.38 Å². The third-order valence-corrected chi connectivity index (χ3v) is 4.54. The Labute approximate surface area is 88.5 Å². The molecule has 3 unspecified atom stereocenters. The number of nitrogens with two attached hydrogens (primary N) is 1. The van der Waals surface area contributed by atoms with Gasteiger partial charge >= 0.3 is 0 Å². The van der Waals surface area contributed by atoms with Crippen molar-refractivity contribution in [1.82, 2.24) is 4.98 Å². The highest BCUT2D eigenvalue weighted by molar-refractivity contribution is 7.07. The summed E-state index contributed by atoms with van der Waals surface area (Å²) in [5.74, 6) is 2.61. The predicted octanol–water partition coefficient (Wildman–Crippen LogP) is 2.58. The van der Waals surface area contributed by atoms with E-state index < -0.39 is 0 Å². The van der Waals surface area contributed by atoms with Gasteiger partial charge in [0.25, 0.3) is 0 Å². The Morgan fingerprint density at radius 3 is 2.64 bits per heavy atom. The number of hydrogen-bond donors (Lipinski definition) is 1. The number of thiazole rings is 1. The highest BCUT2D eigenvalue weighted by Gasteiger charge is 2.53. The van der Waals surface area contributed by atoms with Crippen molar-refractivity contribution in [3.63, 3.8) is 0 Å². The van der Waals surface area contributed by atoms with Gasteiger partial charge in [-0.05, 0) is 30.6 Å². The summed E-state index contributed by atoms with van der Waals surface area (Å²) in [7, 11) is 0. The van der Waals surface area contributed by atoms with Gasteiger partial charge in [-0.1, -0.05) is 12.8 Å². The average Bonchev–Trinajstić information content (AvgIpc) is 2.70. The highest BCUT2D eigenvalue weighted by Crippen LogP contribution is 2.59. The molecule has 1 aromatic heterocycles. The Hall–Kier alpha value is -0.410. The molecule has 3 atom stereocenters. The van der Waals surface area contributed by atoms with Crippen LogP contribution in [0.3, 0.4) is 0 Å². The number of hydrogen-bond acceptors (Lipinski definition) is 3. The molecule has 0 radical (unpaired) electrons. The van der Waals surface area contributed by atoms with E-state index in [0.29, 0.717) is 0 Å². The van der Waals surface area contributed by atoms with E-state index in [1.54, 1.807) is 11.3 Å². The summed E-state index contributed by atoms with van der Waals surface area (Å²) >= 11 is 1.66. The number of aromatic nitrogens is 1. The molecule has 1 aromatic rings. The predicted molar refractivity (Wildman–Crippen MR) is 58.0 cm³/mol. The monoisotopic (exact) mass is 208 g/mol. The van der Waals surface area contributed by atoms with Gasteiger partial charge in [-0.15, -0.1) is 11.3 Å². The first-order valence-corrected chi connectivity index (χ1v) is 6.46. The van der Waals surface area contributed by atoms with Crippen molar-refractivity contribution < 1.29 is 0 Å². The normalized spacial score (nSPS) is 37.6. The smallest absolute Gasteiger partial charge is 0.0795 e. The van der Waals surface area contributed by atoms with E-state index in [1.807, 2.05) is 5.51 Å². The first kappa shape index (κ1) is 8.86. The SMILES string of the molecule is NC(c1cscn1)C1C2CCCCC21. The van der Waals surface area contributed by atoms with Gasteiger partial charge < -0.3 is 5.73 Å². The molecule has 2 aliphatic rings. The molecule has 76 valence electrons. The van der Waals surface area contributed by atoms with Gasteiger partial charge in [-0.25, -0.2) is 4.98 Å². The van der Waals surface area contributed by atoms with Crippen LogP contribution in [-0.2, 0) is 0 Å². The zero-order valence-electron chi connectivity index (χ0n) is 8.23. The second-order valence-corrected chi connectivity index (χ2v) is 5.35. The fourth-order valence-corrected chi connectivity index (χ4v) is 3.76. The summed E-state index contributed by atoms with van der Waals surface area (Å²) < 4.78 is 0. The maximum atomic E-state index is 6.25. The summed E-state index contributed by atoms with van der Waals surface area (Å²) in [5, 5.41) is 2.11. The Morgan fingerprint density at radius 1 is 1.36 bits per heavy atom. The van der Waals surface area contributed by atoms with E-state index in [4.69, 9.17) is 5.73 Å². The third kappa shape index (κ3) is 1.30.